The Morgan fingerprint density at radius 1 is 1.10 bits per heavy atom. The average molecular weight is 592 g/mol. The van der Waals surface area contributed by atoms with Crippen LogP contribution < -0.4 is 14.9 Å². The lowest BCUT2D eigenvalue weighted by Crippen LogP contribution is -2.41. The second-order valence-electron chi connectivity index (χ2n) is 10.8. The van der Waals surface area contributed by atoms with Gasteiger partial charge in [0.2, 0.25) is 0 Å². The van der Waals surface area contributed by atoms with Crippen LogP contribution in [0.5, 0.6) is 5.75 Å². The van der Waals surface area contributed by atoms with Crippen molar-refractivity contribution in [3.63, 3.8) is 0 Å². The van der Waals surface area contributed by atoms with E-state index < -0.39 is 17.7 Å². The second-order valence-corrected chi connectivity index (χ2v) is 11.8. The van der Waals surface area contributed by atoms with Crippen molar-refractivity contribution < 1.29 is 19.1 Å². The van der Waals surface area contributed by atoms with Gasteiger partial charge in [0, 0.05) is 35.3 Å². The molecule has 2 aromatic heterocycles. The van der Waals surface area contributed by atoms with E-state index in [9.17, 15) is 14.4 Å². The number of pyridine rings is 1. The maximum Gasteiger partial charge on any atom is 0.410 e. The summed E-state index contributed by atoms with van der Waals surface area (Å²) in [6.45, 7) is 12.2. The molecule has 2 N–H and O–H groups in total. The third-order valence-electron chi connectivity index (χ3n) is 6.50. The van der Waals surface area contributed by atoms with Gasteiger partial charge < -0.3 is 19.7 Å². The normalized spacial score (nSPS) is 16.5. The highest BCUT2D eigenvalue weighted by Crippen LogP contribution is 2.29. The molecule has 0 saturated carbocycles. The van der Waals surface area contributed by atoms with Gasteiger partial charge in [-0.25, -0.2) is 9.89 Å². The molecule has 5 rings (SSSR count). The fourth-order valence-corrected chi connectivity index (χ4v) is 5.47. The number of rotatable bonds is 6. The fraction of sp³-hybridized carbons (Fsp3) is 0.387. The van der Waals surface area contributed by atoms with Crippen LogP contribution in [0.1, 0.15) is 67.2 Å². The molecule has 10 nitrogen and oxygen atoms in total. The summed E-state index contributed by atoms with van der Waals surface area (Å²) in [5, 5.41) is 11.1. The molecule has 2 unspecified atom stereocenters. The van der Waals surface area contributed by atoms with Crippen molar-refractivity contribution in [2.24, 2.45) is 0 Å². The van der Waals surface area contributed by atoms with Gasteiger partial charge in [0.15, 0.2) is 0 Å². The van der Waals surface area contributed by atoms with Crippen LogP contribution in [0.4, 0.5) is 4.79 Å². The first-order valence-electron chi connectivity index (χ1n) is 14.0. The maximum atomic E-state index is 13.2. The van der Waals surface area contributed by atoms with Crippen LogP contribution >= 0.6 is 11.3 Å². The van der Waals surface area contributed by atoms with Crippen LogP contribution in [-0.4, -0.2) is 56.8 Å². The van der Waals surface area contributed by atoms with Crippen molar-refractivity contribution in [1.29, 1.82) is 0 Å². The number of hydrogen-bond donors (Lipinski definition) is 2. The number of aryl methyl sites for hydroxylation is 1. The van der Waals surface area contributed by atoms with Crippen LogP contribution in [0, 0.1) is 6.92 Å². The lowest BCUT2D eigenvalue weighted by Gasteiger charge is -2.24. The largest absolute Gasteiger partial charge is 0.489 e. The predicted molar refractivity (Wildman–Crippen MR) is 163 cm³/mol. The minimum atomic E-state index is -0.655. The Bertz CT molecular complexity index is 1590. The van der Waals surface area contributed by atoms with E-state index >= 15 is 0 Å². The Morgan fingerprint density at radius 3 is 2.48 bits per heavy atom. The number of H-pyrrole nitrogens is 1. The predicted octanol–water partition coefficient (Wildman–Crippen LogP) is 5.43. The summed E-state index contributed by atoms with van der Waals surface area (Å²) in [4.78, 5) is 43.5. The number of carbonyl (C=O) groups is 2. The highest BCUT2D eigenvalue weighted by atomic mass is 32.1. The topological polar surface area (TPSA) is 127 Å². The minimum absolute atomic E-state index is 0.236. The van der Waals surface area contributed by atoms with Crippen molar-refractivity contribution in [1.82, 2.24) is 25.4 Å². The third kappa shape index (κ3) is 7.52. The Morgan fingerprint density at radius 2 is 1.81 bits per heavy atom. The lowest BCUT2D eigenvalue weighted by atomic mass is 10.0. The smallest absolute Gasteiger partial charge is 0.410 e. The molecule has 1 saturated heterocycles. The summed E-state index contributed by atoms with van der Waals surface area (Å²) >= 11 is 0.973. The van der Waals surface area contributed by atoms with E-state index in [1.54, 1.807) is 45.0 Å². The molecule has 222 valence electrons. The van der Waals surface area contributed by atoms with Crippen molar-refractivity contribution in [2.75, 3.05) is 13.1 Å². The zero-order valence-corrected chi connectivity index (χ0v) is 25.6. The highest BCUT2D eigenvalue weighted by Gasteiger charge is 2.40. The summed E-state index contributed by atoms with van der Waals surface area (Å²) < 4.78 is 11.5. The summed E-state index contributed by atoms with van der Waals surface area (Å²) in [5.74, 6) is -0.0147. The van der Waals surface area contributed by atoms with Crippen LogP contribution in [0.15, 0.2) is 59.4 Å². The van der Waals surface area contributed by atoms with Gasteiger partial charge in [-0.2, -0.15) is 5.10 Å². The van der Waals surface area contributed by atoms with Crippen molar-refractivity contribution in [3.05, 3.63) is 86.1 Å². The molecule has 0 bridgehead atoms. The van der Waals surface area contributed by atoms with E-state index in [-0.39, 0.29) is 29.8 Å². The number of aromatic nitrogens is 3. The first-order valence-corrected chi connectivity index (χ1v) is 14.8. The summed E-state index contributed by atoms with van der Waals surface area (Å²) in [6.07, 6.45) is -0.476. The van der Waals surface area contributed by atoms with Gasteiger partial charge in [-0.1, -0.05) is 43.4 Å². The fourth-order valence-electron chi connectivity index (χ4n) is 4.71. The molecule has 0 radical (unpaired) electrons. The molecule has 0 aliphatic carbocycles. The van der Waals surface area contributed by atoms with Gasteiger partial charge in [0.05, 0.1) is 17.5 Å². The van der Waals surface area contributed by atoms with Gasteiger partial charge >= 0.3 is 11.0 Å². The molecular formula is C31H37N5O5S. The number of nitrogens with one attached hydrogen (secondary N) is 2. The molecule has 3 heterocycles. The van der Waals surface area contributed by atoms with Crippen molar-refractivity contribution in [3.8, 4) is 5.75 Å². The van der Waals surface area contributed by atoms with E-state index in [2.05, 4.69) is 20.5 Å². The van der Waals surface area contributed by atoms with Gasteiger partial charge in [-0.3, -0.25) is 14.6 Å². The van der Waals surface area contributed by atoms with E-state index in [1.807, 2.05) is 51.1 Å². The Labute approximate surface area is 249 Å². The number of fused-ring (bicyclic) bond motifs is 1. The molecule has 1 aliphatic heterocycles. The number of amides is 2. The monoisotopic (exact) mass is 591 g/mol. The molecule has 2 amide bonds. The third-order valence-corrected chi connectivity index (χ3v) is 7.38. The number of nitrogens with zero attached hydrogens (tertiary/aromatic N) is 3. The zero-order valence-electron chi connectivity index (χ0n) is 24.8. The van der Waals surface area contributed by atoms with Crippen LogP contribution in [0.2, 0.25) is 0 Å². The zero-order chi connectivity index (χ0) is 30.4. The maximum absolute atomic E-state index is 13.2. The van der Waals surface area contributed by atoms with Crippen LogP contribution in [-0.2, 0) is 11.3 Å². The summed E-state index contributed by atoms with van der Waals surface area (Å²) in [7, 11) is 0. The molecule has 2 atom stereocenters. The Balaban J connectivity index is 0.00000198. The Kier molecular flexibility index (Phi) is 9.62. The van der Waals surface area contributed by atoms with Gasteiger partial charge in [0.1, 0.15) is 23.0 Å². The van der Waals surface area contributed by atoms with Crippen LogP contribution in [0.3, 0.4) is 0 Å². The summed E-state index contributed by atoms with van der Waals surface area (Å²) in [6, 6.07) is 16.4. The first-order chi connectivity index (χ1) is 20.1. The minimum Gasteiger partial charge on any atom is -0.489 e. The second kappa shape index (κ2) is 13.2. The Hall–Kier alpha value is -4.25. The van der Waals surface area contributed by atoms with E-state index in [0.717, 1.165) is 33.5 Å². The number of benzene rings is 2. The number of likely N-dealkylation sites (tertiary alicyclic amines) is 1. The average Bonchev–Trinajstić information content (AvgIpc) is 3.58. The van der Waals surface area contributed by atoms with Gasteiger partial charge in [-0.15, -0.1) is 0 Å². The lowest BCUT2D eigenvalue weighted by molar-refractivity contribution is 0.0288. The van der Waals surface area contributed by atoms with E-state index in [1.165, 1.54) is 4.90 Å². The number of ether oxygens (including phenoxy) is 2. The van der Waals surface area contributed by atoms with Crippen molar-refractivity contribution >= 4 is 34.2 Å². The number of para-hydroxylation sites is 1. The van der Waals surface area contributed by atoms with Gasteiger partial charge in [0.25, 0.3) is 5.91 Å². The number of hydrogen-bond acceptors (Lipinski definition) is 8. The standard InChI is InChI=1S/C29H31N5O5S.C2H6/c1-17-13-19(21-7-5-6-8-23(21)30-17)16-38-20-11-9-18(10-12-20)25(35)31-24-15-34(28(37)39-29(2,3)4)14-22(24)26-32-33-27(36)40-26;1-2/h5-13,22,24H,14-16H2,1-4H3,(H,31,35)(H,33,36);1-2H3. The molecule has 2 aromatic carbocycles. The molecule has 1 fully saturated rings. The SMILES string of the molecule is CC.Cc1cc(COc2ccc(C(=O)NC3CN(C(=O)OC(C)(C)C)CC3c3n[nH]c(=O)s3)cc2)c2ccccc2n1. The molecule has 42 heavy (non-hydrogen) atoms. The molecule has 1 aliphatic rings. The molecular weight excluding hydrogens is 554 g/mol. The molecule has 11 heteroatoms. The van der Waals surface area contributed by atoms with Crippen molar-refractivity contribution in [2.45, 2.75) is 65.7 Å². The van der Waals surface area contributed by atoms with Gasteiger partial charge in [-0.05, 0) is 64.1 Å². The molecule has 0 spiro atoms. The summed E-state index contributed by atoms with van der Waals surface area (Å²) in [5.41, 5.74) is 2.67. The highest BCUT2D eigenvalue weighted by molar-refractivity contribution is 7.08. The van der Waals surface area contributed by atoms with Crippen LogP contribution in [0.25, 0.3) is 10.9 Å². The number of aromatic amines is 1. The van der Waals surface area contributed by atoms with E-state index in [0.29, 0.717) is 22.9 Å². The van der Waals surface area contributed by atoms with E-state index in [4.69, 9.17) is 9.47 Å². The molecule has 4 aromatic rings. The number of carbonyl (C=O) groups excluding carboxylic acids is 2. The quantitative estimate of drug-likeness (QED) is 0.306. The first kappa shape index (κ1) is 30.7.